The molecule has 0 bridgehead atoms. The Labute approximate surface area is 281 Å². The highest BCUT2D eigenvalue weighted by Gasteiger charge is 2.41. The Balaban J connectivity index is 1.35. The number of hydrogen-bond donors (Lipinski definition) is 1. The molecule has 3 aliphatic rings. The van der Waals surface area contributed by atoms with Gasteiger partial charge in [-0.1, -0.05) is 29.3 Å². The van der Waals surface area contributed by atoms with E-state index in [0.29, 0.717) is 17.9 Å². The Kier molecular flexibility index (Phi) is 9.78. The molecule has 0 aliphatic carbocycles. The molecule has 7 nitrogen and oxygen atoms in total. The van der Waals surface area contributed by atoms with Gasteiger partial charge in [-0.15, -0.1) is 0 Å². The van der Waals surface area contributed by atoms with Crippen molar-refractivity contribution in [3.05, 3.63) is 75.3 Å². The first-order valence-electron chi connectivity index (χ1n) is 15.9. The number of hydrogen-bond acceptors (Lipinski definition) is 6. The normalized spacial score (nSPS) is 22.5. The lowest BCUT2D eigenvalue weighted by atomic mass is 9.72. The second-order valence-electron chi connectivity index (χ2n) is 12.4. The third kappa shape index (κ3) is 6.36. The molecule has 0 saturated carbocycles. The van der Waals surface area contributed by atoms with Crippen molar-refractivity contribution in [2.24, 2.45) is 11.8 Å². The highest BCUT2D eigenvalue weighted by atomic mass is 79.9. The van der Waals surface area contributed by atoms with E-state index < -0.39 is 0 Å². The summed E-state index contributed by atoms with van der Waals surface area (Å²) < 4.78 is 24.0. The third-order valence-corrected chi connectivity index (χ3v) is 11.0. The Hall–Kier alpha value is -3.01. The van der Waals surface area contributed by atoms with Crippen LogP contribution >= 0.6 is 28.1 Å². The summed E-state index contributed by atoms with van der Waals surface area (Å²) >= 11 is 9.69. The van der Waals surface area contributed by atoms with E-state index in [1.54, 1.807) is 28.4 Å². The molecule has 4 unspecified atom stereocenters. The van der Waals surface area contributed by atoms with E-state index in [2.05, 4.69) is 74.4 Å². The number of methoxy groups -OCH3 is 4. The van der Waals surface area contributed by atoms with E-state index in [4.69, 9.17) is 31.2 Å². The zero-order valence-corrected chi connectivity index (χ0v) is 29.3. The molecule has 0 radical (unpaired) electrons. The lowest BCUT2D eigenvalue weighted by molar-refractivity contribution is 0.0379. The number of nitrogens with one attached hydrogen (secondary N) is 1. The molecule has 1 fully saturated rings. The van der Waals surface area contributed by atoms with Crippen molar-refractivity contribution in [3.8, 4) is 23.0 Å². The summed E-state index contributed by atoms with van der Waals surface area (Å²) in [4.78, 5) is 5.12. The number of fused-ring (bicyclic) bond motifs is 4. The molecule has 9 heteroatoms. The average Bonchev–Trinajstić information content (AvgIpc) is 3.07. The van der Waals surface area contributed by atoms with Gasteiger partial charge in [0, 0.05) is 35.8 Å². The Morgan fingerprint density at radius 2 is 1.40 bits per heavy atom. The predicted molar refractivity (Wildman–Crippen MR) is 187 cm³/mol. The van der Waals surface area contributed by atoms with Crippen LogP contribution in [0.1, 0.15) is 60.5 Å². The van der Waals surface area contributed by atoms with Gasteiger partial charge in [-0.3, -0.25) is 4.90 Å². The van der Waals surface area contributed by atoms with E-state index in [1.165, 1.54) is 22.3 Å². The maximum absolute atomic E-state index is 6.14. The van der Waals surface area contributed by atoms with Gasteiger partial charge in [0.2, 0.25) is 0 Å². The maximum Gasteiger partial charge on any atom is 0.173 e. The summed E-state index contributed by atoms with van der Waals surface area (Å²) in [6.45, 7) is 5.37. The van der Waals surface area contributed by atoms with Crippen LogP contribution in [-0.2, 0) is 12.8 Å². The Bertz CT molecular complexity index is 1530. The quantitative estimate of drug-likeness (QED) is 0.240. The minimum absolute atomic E-state index is 0.114. The largest absolute Gasteiger partial charge is 0.493 e. The molecule has 240 valence electrons. The van der Waals surface area contributed by atoms with Crippen LogP contribution in [0.3, 0.4) is 0 Å². The summed E-state index contributed by atoms with van der Waals surface area (Å²) in [5.74, 6) is 4.28. The van der Waals surface area contributed by atoms with E-state index in [1.807, 2.05) is 12.1 Å². The van der Waals surface area contributed by atoms with Gasteiger partial charge in [0.05, 0.1) is 34.5 Å². The number of anilines is 1. The molecule has 0 spiro atoms. The highest BCUT2D eigenvalue weighted by Crippen LogP contribution is 2.49. The summed E-state index contributed by atoms with van der Waals surface area (Å²) in [5.41, 5.74) is 6.35. The zero-order chi connectivity index (χ0) is 31.7. The molecule has 45 heavy (non-hydrogen) atoms. The van der Waals surface area contributed by atoms with Crippen LogP contribution in [-0.4, -0.2) is 63.0 Å². The van der Waals surface area contributed by atoms with Crippen LogP contribution in [0.15, 0.2) is 53.0 Å². The summed E-state index contributed by atoms with van der Waals surface area (Å²) in [7, 11) is 6.87. The minimum Gasteiger partial charge on any atom is -0.493 e. The van der Waals surface area contributed by atoms with Crippen LogP contribution < -0.4 is 24.3 Å². The molecular weight excluding hydrogens is 650 g/mol. The van der Waals surface area contributed by atoms with Crippen molar-refractivity contribution in [1.29, 1.82) is 0 Å². The van der Waals surface area contributed by atoms with Crippen molar-refractivity contribution in [3.63, 3.8) is 0 Å². The zero-order valence-electron chi connectivity index (χ0n) is 26.9. The van der Waals surface area contributed by atoms with Crippen molar-refractivity contribution in [1.82, 2.24) is 9.80 Å². The second-order valence-corrected chi connectivity index (χ2v) is 13.7. The molecule has 0 aromatic heterocycles. The number of benzene rings is 3. The number of ether oxygens (including phenoxy) is 4. The highest BCUT2D eigenvalue weighted by molar-refractivity contribution is 9.10. The molecule has 3 heterocycles. The summed E-state index contributed by atoms with van der Waals surface area (Å²) in [5, 5.41) is 4.30. The van der Waals surface area contributed by atoms with Gasteiger partial charge >= 0.3 is 0 Å². The molecule has 1 N–H and O–H groups in total. The van der Waals surface area contributed by atoms with Crippen molar-refractivity contribution < 1.29 is 18.9 Å². The number of thiocarbonyl (C=S) groups is 1. The molecule has 3 aromatic rings. The summed E-state index contributed by atoms with van der Waals surface area (Å²) in [6, 6.07) is 17.4. The lowest BCUT2D eigenvalue weighted by Gasteiger charge is -2.49. The number of nitrogens with zero attached hydrogens (tertiary/aromatic N) is 2. The maximum atomic E-state index is 6.14. The smallest absolute Gasteiger partial charge is 0.173 e. The van der Waals surface area contributed by atoms with Gasteiger partial charge in [0.25, 0.3) is 0 Å². The average molecular weight is 695 g/mol. The standard InChI is InChI=1S/C36H44BrN3O4S/c1-6-22-21-39-13-11-23-17-32(41-2)34(43-4)19-28(23)30(39)15-25(22)16-31-29-20-35(44-5)33(42-3)18-24(29)12-14-40(31)36(45)38-27-9-7-26(37)8-10-27/h7-10,17-20,22,25,30-31H,6,11-16,21H2,1-5H3,(H,38,45). The molecule has 3 aromatic carbocycles. The molecule has 1 saturated heterocycles. The summed E-state index contributed by atoms with van der Waals surface area (Å²) in [6.07, 6.45) is 5.19. The lowest BCUT2D eigenvalue weighted by Crippen LogP contribution is -2.48. The first-order chi connectivity index (χ1) is 21.9. The molecular formula is C36H44BrN3O4S. The van der Waals surface area contributed by atoms with E-state index in [-0.39, 0.29) is 6.04 Å². The van der Waals surface area contributed by atoms with Crippen LogP contribution in [0.4, 0.5) is 5.69 Å². The number of piperidine rings is 1. The van der Waals surface area contributed by atoms with Gasteiger partial charge < -0.3 is 29.2 Å². The molecule has 0 amide bonds. The third-order valence-electron chi connectivity index (χ3n) is 10.2. The van der Waals surface area contributed by atoms with Gasteiger partial charge in [-0.2, -0.15) is 0 Å². The van der Waals surface area contributed by atoms with Gasteiger partial charge in [-0.25, -0.2) is 0 Å². The van der Waals surface area contributed by atoms with E-state index in [0.717, 1.165) is 90.0 Å². The first kappa shape index (κ1) is 32.0. The molecule has 6 rings (SSSR count). The number of rotatable bonds is 8. The predicted octanol–water partition coefficient (Wildman–Crippen LogP) is 7.82. The Morgan fingerprint density at radius 3 is 2.02 bits per heavy atom. The van der Waals surface area contributed by atoms with Gasteiger partial charge in [-0.05, 0) is 121 Å². The van der Waals surface area contributed by atoms with Crippen LogP contribution in [0.25, 0.3) is 0 Å². The molecule has 4 atom stereocenters. The fourth-order valence-electron chi connectivity index (χ4n) is 7.80. The van der Waals surface area contributed by atoms with Gasteiger partial charge in [0.15, 0.2) is 28.1 Å². The number of halogens is 1. The fourth-order valence-corrected chi connectivity index (χ4v) is 8.40. The minimum atomic E-state index is 0.114. The monoisotopic (exact) mass is 693 g/mol. The van der Waals surface area contributed by atoms with E-state index in [9.17, 15) is 0 Å². The van der Waals surface area contributed by atoms with Crippen molar-refractivity contribution >= 4 is 38.9 Å². The molecule has 3 aliphatic heterocycles. The van der Waals surface area contributed by atoms with Crippen LogP contribution in [0, 0.1) is 11.8 Å². The second kappa shape index (κ2) is 13.8. The van der Waals surface area contributed by atoms with Gasteiger partial charge in [0.1, 0.15) is 0 Å². The van der Waals surface area contributed by atoms with E-state index >= 15 is 0 Å². The fraction of sp³-hybridized carbons (Fsp3) is 0.472. The SMILES string of the molecule is CCC1CN2CCc3cc(OC)c(OC)cc3C2CC1CC1c2cc(OC)c(OC)cc2CCN1C(=S)Nc1ccc(Br)cc1. The van der Waals surface area contributed by atoms with Crippen molar-refractivity contribution in [2.75, 3.05) is 53.4 Å². The first-order valence-corrected chi connectivity index (χ1v) is 17.1. The van der Waals surface area contributed by atoms with Crippen LogP contribution in [0.5, 0.6) is 23.0 Å². The topological polar surface area (TPSA) is 55.4 Å². The Morgan fingerprint density at radius 1 is 0.822 bits per heavy atom. The van der Waals surface area contributed by atoms with Crippen LogP contribution in [0.2, 0.25) is 0 Å². The van der Waals surface area contributed by atoms with Crippen molar-refractivity contribution in [2.45, 2.75) is 51.1 Å².